The van der Waals surface area contributed by atoms with E-state index in [1.807, 2.05) is 13.8 Å². The van der Waals surface area contributed by atoms with Crippen molar-refractivity contribution in [2.24, 2.45) is 5.92 Å². The zero-order chi connectivity index (χ0) is 15.8. The van der Waals surface area contributed by atoms with Gasteiger partial charge < -0.3 is 4.90 Å². The molecule has 20 heavy (non-hydrogen) atoms. The third-order valence-corrected chi connectivity index (χ3v) is 2.89. The molecule has 0 unspecified atom stereocenters. The van der Waals surface area contributed by atoms with Crippen LogP contribution in [-0.2, 0) is 4.79 Å². The van der Waals surface area contributed by atoms with Crippen molar-refractivity contribution in [1.82, 2.24) is 4.90 Å². The number of nitrogens with zero attached hydrogens (tertiary/aromatic N) is 1. The van der Waals surface area contributed by atoms with Gasteiger partial charge in [-0.3, -0.25) is 4.79 Å². The number of alkyl halides is 3. The number of carbonyl (C=O) groups excluding carboxylic acids is 1. The molecule has 0 aliphatic rings. The minimum atomic E-state index is -4.59. The fourth-order valence-electron chi connectivity index (χ4n) is 1.80. The maximum Gasteiger partial charge on any atom is 0.421 e. The molecule has 0 aliphatic heterocycles. The van der Waals surface area contributed by atoms with Crippen LogP contribution in [0.4, 0.5) is 13.2 Å². The van der Waals surface area contributed by atoms with Crippen molar-refractivity contribution in [3.63, 3.8) is 0 Å². The van der Waals surface area contributed by atoms with Crippen LogP contribution in [0, 0.1) is 5.92 Å². The molecule has 0 fully saturated rings. The van der Waals surface area contributed by atoms with Crippen molar-refractivity contribution in [3.8, 4) is 0 Å². The second-order valence-electron chi connectivity index (χ2n) is 5.32. The van der Waals surface area contributed by atoms with E-state index in [2.05, 4.69) is 0 Å². The van der Waals surface area contributed by atoms with Gasteiger partial charge in [-0.05, 0) is 18.8 Å². The highest BCUT2D eigenvalue weighted by Gasteiger charge is 2.40. The standard InChI is InChI=1S/C15H26F3NO/c1-5-7-9-19(10-8-6-2)14(20)13(11-12(3)4)15(16,17)18/h11-12H,5-10H2,1-4H3/b13-11-. The topological polar surface area (TPSA) is 20.3 Å². The van der Waals surface area contributed by atoms with Crippen LogP contribution in [0.25, 0.3) is 0 Å². The van der Waals surface area contributed by atoms with Crippen LogP contribution in [-0.4, -0.2) is 30.1 Å². The van der Waals surface area contributed by atoms with E-state index >= 15 is 0 Å². The van der Waals surface area contributed by atoms with Gasteiger partial charge in [0.05, 0.1) is 0 Å². The molecule has 1 amide bonds. The molecular formula is C15H26F3NO. The zero-order valence-corrected chi connectivity index (χ0v) is 12.9. The van der Waals surface area contributed by atoms with Gasteiger partial charge in [0.25, 0.3) is 5.91 Å². The number of halogens is 3. The van der Waals surface area contributed by atoms with E-state index < -0.39 is 17.7 Å². The molecule has 0 saturated heterocycles. The maximum absolute atomic E-state index is 13.0. The minimum Gasteiger partial charge on any atom is -0.339 e. The van der Waals surface area contributed by atoms with Crippen LogP contribution in [0.2, 0.25) is 0 Å². The molecule has 0 rings (SSSR count). The summed E-state index contributed by atoms with van der Waals surface area (Å²) in [5.74, 6) is -1.19. The van der Waals surface area contributed by atoms with Gasteiger partial charge in [-0.1, -0.05) is 46.6 Å². The Bertz CT molecular complexity index is 314. The number of allylic oxidation sites excluding steroid dienone is 1. The molecule has 0 aromatic heterocycles. The zero-order valence-electron chi connectivity index (χ0n) is 12.9. The van der Waals surface area contributed by atoms with Crippen LogP contribution >= 0.6 is 0 Å². The number of rotatable bonds is 8. The van der Waals surface area contributed by atoms with Crippen molar-refractivity contribution in [1.29, 1.82) is 0 Å². The Kier molecular flexibility index (Phi) is 8.58. The van der Waals surface area contributed by atoms with Gasteiger partial charge in [-0.15, -0.1) is 0 Å². The first-order valence-corrected chi connectivity index (χ1v) is 7.32. The summed E-state index contributed by atoms with van der Waals surface area (Å²) in [7, 11) is 0. The van der Waals surface area contributed by atoms with Gasteiger partial charge in [0.15, 0.2) is 0 Å². The first kappa shape index (κ1) is 19.0. The van der Waals surface area contributed by atoms with Crippen LogP contribution < -0.4 is 0 Å². The smallest absolute Gasteiger partial charge is 0.339 e. The molecule has 118 valence electrons. The van der Waals surface area contributed by atoms with Gasteiger partial charge in [0.1, 0.15) is 5.57 Å². The third-order valence-electron chi connectivity index (χ3n) is 2.89. The second kappa shape index (κ2) is 9.03. The van der Waals surface area contributed by atoms with Crippen LogP contribution in [0.5, 0.6) is 0 Å². The third kappa shape index (κ3) is 6.96. The predicted molar refractivity (Wildman–Crippen MR) is 75.4 cm³/mol. The Labute approximate surface area is 120 Å². The van der Waals surface area contributed by atoms with E-state index in [0.29, 0.717) is 13.1 Å². The maximum atomic E-state index is 13.0. The Morgan fingerprint density at radius 2 is 1.55 bits per heavy atom. The lowest BCUT2D eigenvalue weighted by Gasteiger charge is -2.25. The van der Waals surface area contributed by atoms with Crippen molar-refractivity contribution < 1.29 is 18.0 Å². The number of unbranched alkanes of at least 4 members (excludes halogenated alkanes) is 2. The fraction of sp³-hybridized carbons (Fsp3) is 0.800. The van der Waals surface area contributed by atoms with Gasteiger partial charge in [-0.25, -0.2) is 0 Å². The molecule has 5 heteroatoms. The Morgan fingerprint density at radius 1 is 1.10 bits per heavy atom. The van der Waals surface area contributed by atoms with Gasteiger partial charge >= 0.3 is 6.18 Å². The molecule has 0 aromatic carbocycles. The summed E-state index contributed by atoms with van der Waals surface area (Å²) >= 11 is 0. The van der Waals surface area contributed by atoms with Gasteiger partial charge in [0, 0.05) is 13.1 Å². The first-order chi connectivity index (χ1) is 9.23. The van der Waals surface area contributed by atoms with Crippen LogP contribution in [0.1, 0.15) is 53.4 Å². The summed E-state index contributed by atoms with van der Waals surface area (Å²) < 4.78 is 39.1. The summed E-state index contributed by atoms with van der Waals surface area (Å²) in [5.41, 5.74) is -1.03. The average molecular weight is 293 g/mol. The van der Waals surface area contributed by atoms with Crippen LogP contribution in [0.15, 0.2) is 11.6 Å². The quantitative estimate of drug-likeness (QED) is 0.601. The average Bonchev–Trinajstić information content (AvgIpc) is 2.34. The lowest BCUT2D eigenvalue weighted by molar-refractivity contribution is -0.139. The highest BCUT2D eigenvalue weighted by molar-refractivity contribution is 5.94. The normalized spacial score (nSPS) is 12.9. The van der Waals surface area contributed by atoms with Crippen LogP contribution in [0.3, 0.4) is 0 Å². The van der Waals surface area contributed by atoms with E-state index in [1.165, 1.54) is 4.90 Å². The van der Waals surface area contributed by atoms with Crippen molar-refractivity contribution in [3.05, 3.63) is 11.6 Å². The van der Waals surface area contributed by atoms with Crippen molar-refractivity contribution in [2.75, 3.05) is 13.1 Å². The molecule has 2 nitrogen and oxygen atoms in total. The largest absolute Gasteiger partial charge is 0.421 e. The molecular weight excluding hydrogens is 267 g/mol. The summed E-state index contributed by atoms with van der Waals surface area (Å²) in [5, 5.41) is 0. The molecule has 0 atom stereocenters. The van der Waals surface area contributed by atoms with E-state index in [4.69, 9.17) is 0 Å². The molecule has 0 heterocycles. The minimum absolute atomic E-state index is 0.310. The Morgan fingerprint density at radius 3 is 1.85 bits per heavy atom. The molecule has 0 radical (unpaired) electrons. The lowest BCUT2D eigenvalue weighted by Crippen LogP contribution is -2.38. The lowest BCUT2D eigenvalue weighted by atomic mass is 10.1. The molecule has 0 N–H and O–H groups in total. The van der Waals surface area contributed by atoms with E-state index in [0.717, 1.165) is 31.8 Å². The summed E-state index contributed by atoms with van der Waals surface area (Å²) in [6.45, 7) is 7.97. The van der Waals surface area contributed by atoms with Gasteiger partial charge in [0.2, 0.25) is 0 Å². The van der Waals surface area contributed by atoms with Crippen molar-refractivity contribution >= 4 is 5.91 Å². The fourth-order valence-corrected chi connectivity index (χ4v) is 1.80. The molecule has 0 spiro atoms. The molecule has 0 bridgehead atoms. The monoisotopic (exact) mass is 293 g/mol. The number of hydrogen-bond acceptors (Lipinski definition) is 1. The van der Waals surface area contributed by atoms with Gasteiger partial charge in [-0.2, -0.15) is 13.2 Å². The van der Waals surface area contributed by atoms with E-state index in [-0.39, 0.29) is 5.92 Å². The Balaban J connectivity index is 5.14. The highest BCUT2D eigenvalue weighted by atomic mass is 19.4. The number of hydrogen-bond donors (Lipinski definition) is 0. The molecule has 0 saturated carbocycles. The van der Waals surface area contributed by atoms with E-state index in [9.17, 15) is 18.0 Å². The molecule has 0 aromatic rings. The summed E-state index contributed by atoms with van der Waals surface area (Å²) in [6, 6.07) is 0. The highest BCUT2D eigenvalue weighted by Crippen LogP contribution is 2.28. The first-order valence-electron chi connectivity index (χ1n) is 7.32. The number of carbonyl (C=O) groups is 1. The summed E-state index contributed by atoms with van der Waals surface area (Å²) in [6.07, 6.45) is -0.411. The van der Waals surface area contributed by atoms with E-state index in [1.54, 1.807) is 13.8 Å². The van der Waals surface area contributed by atoms with Crippen molar-refractivity contribution in [2.45, 2.75) is 59.6 Å². The Hall–Kier alpha value is -1.00. The number of amides is 1. The molecule has 0 aliphatic carbocycles. The predicted octanol–water partition coefficient (Wildman–Crippen LogP) is 4.56. The second-order valence-corrected chi connectivity index (χ2v) is 5.32. The SMILES string of the molecule is CCCCN(CCCC)C(=O)/C(=C/C(C)C)C(F)(F)F. The summed E-state index contributed by atoms with van der Waals surface area (Å²) in [4.78, 5) is 13.5.